The summed E-state index contributed by atoms with van der Waals surface area (Å²) in [6.45, 7) is 0. The van der Waals surface area contributed by atoms with Gasteiger partial charge in [-0.1, -0.05) is 18.2 Å². The number of nitrogens with two attached hydrogens (primary N) is 1. The zero-order valence-corrected chi connectivity index (χ0v) is 12.1. The molecule has 0 spiro atoms. The topological polar surface area (TPSA) is 61.7 Å². The number of hydrogen-bond acceptors (Lipinski definition) is 3. The summed E-state index contributed by atoms with van der Waals surface area (Å²) in [5.41, 5.74) is 9.57. The molecule has 2 aromatic heterocycles. The van der Waals surface area contributed by atoms with E-state index in [2.05, 4.69) is 10.2 Å². The SMILES string of the molecule is Cn1nccc1CCC(N)c1cnn(-c2ccccc2)c1. The number of aromatic nitrogens is 4. The molecule has 2 N–H and O–H groups in total. The number of benzene rings is 1. The zero-order chi connectivity index (χ0) is 14.7. The Morgan fingerprint density at radius 3 is 2.67 bits per heavy atom. The van der Waals surface area contributed by atoms with Crippen LogP contribution < -0.4 is 5.73 Å². The van der Waals surface area contributed by atoms with Crippen LogP contribution in [0.1, 0.15) is 23.7 Å². The van der Waals surface area contributed by atoms with E-state index in [0.29, 0.717) is 0 Å². The molecule has 1 atom stereocenters. The molecule has 0 amide bonds. The number of nitrogens with zero attached hydrogens (tertiary/aromatic N) is 4. The van der Waals surface area contributed by atoms with E-state index in [9.17, 15) is 0 Å². The number of hydrogen-bond donors (Lipinski definition) is 1. The van der Waals surface area contributed by atoms with Gasteiger partial charge in [-0.3, -0.25) is 4.68 Å². The average Bonchev–Trinajstić information content (AvgIpc) is 3.15. The summed E-state index contributed by atoms with van der Waals surface area (Å²) in [6.07, 6.45) is 7.45. The van der Waals surface area contributed by atoms with Crippen LogP contribution in [0, 0.1) is 0 Å². The van der Waals surface area contributed by atoms with E-state index in [0.717, 1.165) is 24.1 Å². The van der Waals surface area contributed by atoms with E-state index in [4.69, 9.17) is 5.73 Å². The summed E-state index contributed by atoms with van der Waals surface area (Å²) in [5, 5.41) is 8.56. The Balaban J connectivity index is 1.67. The van der Waals surface area contributed by atoms with E-state index in [1.165, 1.54) is 5.69 Å². The van der Waals surface area contributed by atoms with Crippen LogP contribution in [0.25, 0.3) is 5.69 Å². The molecule has 0 bridgehead atoms. The highest BCUT2D eigenvalue weighted by atomic mass is 15.3. The van der Waals surface area contributed by atoms with E-state index >= 15 is 0 Å². The summed E-state index contributed by atoms with van der Waals surface area (Å²) in [4.78, 5) is 0. The average molecular weight is 281 g/mol. The van der Waals surface area contributed by atoms with Crippen molar-refractivity contribution in [3.8, 4) is 5.69 Å². The molecule has 0 aliphatic heterocycles. The Bertz CT molecular complexity index is 698. The van der Waals surface area contributed by atoms with Gasteiger partial charge >= 0.3 is 0 Å². The van der Waals surface area contributed by atoms with E-state index in [1.807, 2.05) is 71.4 Å². The van der Waals surface area contributed by atoms with Gasteiger partial charge in [-0.2, -0.15) is 10.2 Å². The van der Waals surface area contributed by atoms with Crippen LogP contribution in [-0.2, 0) is 13.5 Å². The molecular formula is C16H19N5. The summed E-state index contributed by atoms with van der Waals surface area (Å²) >= 11 is 0. The number of para-hydroxylation sites is 1. The molecule has 0 aliphatic carbocycles. The molecule has 3 rings (SSSR count). The molecule has 3 aromatic rings. The second kappa shape index (κ2) is 5.93. The lowest BCUT2D eigenvalue weighted by molar-refractivity contribution is 0.614. The predicted octanol–water partition coefficient (Wildman–Crippen LogP) is 2.24. The Labute approximate surface area is 124 Å². The van der Waals surface area contributed by atoms with Gasteiger partial charge < -0.3 is 5.73 Å². The molecule has 0 aliphatic rings. The number of rotatable bonds is 5. The Hall–Kier alpha value is -2.40. The van der Waals surface area contributed by atoms with Crippen LogP contribution >= 0.6 is 0 Å². The quantitative estimate of drug-likeness (QED) is 0.780. The van der Waals surface area contributed by atoms with Crippen molar-refractivity contribution in [3.05, 3.63) is 66.2 Å². The van der Waals surface area contributed by atoms with Crippen molar-refractivity contribution < 1.29 is 0 Å². The predicted molar refractivity (Wildman–Crippen MR) is 82.0 cm³/mol. The van der Waals surface area contributed by atoms with E-state index < -0.39 is 0 Å². The summed E-state index contributed by atoms with van der Waals surface area (Å²) in [5.74, 6) is 0. The van der Waals surface area contributed by atoms with Crippen LogP contribution in [0.4, 0.5) is 0 Å². The second-order valence-corrected chi connectivity index (χ2v) is 5.15. The molecule has 1 unspecified atom stereocenters. The Morgan fingerprint density at radius 2 is 1.95 bits per heavy atom. The number of aryl methyl sites for hydroxylation is 2. The van der Waals surface area contributed by atoms with Gasteiger partial charge in [0.15, 0.2) is 0 Å². The van der Waals surface area contributed by atoms with Crippen molar-refractivity contribution in [2.75, 3.05) is 0 Å². The van der Waals surface area contributed by atoms with Crippen molar-refractivity contribution in [3.63, 3.8) is 0 Å². The normalized spacial score (nSPS) is 12.5. The molecule has 2 heterocycles. The molecule has 5 heteroatoms. The lowest BCUT2D eigenvalue weighted by Gasteiger charge is -2.09. The fourth-order valence-electron chi connectivity index (χ4n) is 2.37. The second-order valence-electron chi connectivity index (χ2n) is 5.15. The largest absolute Gasteiger partial charge is 0.324 e. The van der Waals surface area contributed by atoms with Gasteiger partial charge in [-0.25, -0.2) is 4.68 Å². The lowest BCUT2D eigenvalue weighted by Crippen LogP contribution is -2.11. The fraction of sp³-hybridized carbons (Fsp3) is 0.250. The maximum absolute atomic E-state index is 6.27. The van der Waals surface area contributed by atoms with Gasteiger partial charge in [0.1, 0.15) is 0 Å². The third kappa shape index (κ3) is 3.03. The minimum Gasteiger partial charge on any atom is -0.324 e. The molecule has 1 aromatic carbocycles. The molecule has 5 nitrogen and oxygen atoms in total. The van der Waals surface area contributed by atoms with E-state index in [1.54, 1.807) is 0 Å². The van der Waals surface area contributed by atoms with Gasteiger partial charge in [-0.05, 0) is 31.0 Å². The van der Waals surface area contributed by atoms with Crippen molar-refractivity contribution in [1.82, 2.24) is 19.6 Å². The first-order valence-corrected chi connectivity index (χ1v) is 7.06. The van der Waals surface area contributed by atoms with Gasteiger partial charge in [0.25, 0.3) is 0 Å². The maximum Gasteiger partial charge on any atom is 0.0645 e. The molecule has 21 heavy (non-hydrogen) atoms. The highest BCUT2D eigenvalue weighted by Gasteiger charge is 2.10. The van der Waals surface area contributed by atoms with E-state index in [-0.39, 0.29) is 6.04 Å². The monoisotopic (exact) mass is 281 g/mol. The smallest absolute Gasteiger partial charge is 0.0645 e. The Kier molecular flexibility index (Phi) is 3.83. The van der Waals surface area contributed by atoms with Crippen molar-refractivity contribution in [2.45, 2.75) is 18.9 Å². The van der Waals surface area contributed by atoms with Crippen molar-refractivity contribution >= 4 is 0 Å². The van der Waals surface area contributed by atoms with Crippen LogP contribution in [0.15, 0.2) is 55.0 Å². The third-order valence-corrected chi connectivity index (χ3v) is 3.69. The highest BCUT2D eigenvalue weighted by molar-refractivity contribution is 5.31. The first-order valence-electron chi connectivity index (χ1n) is 7.06. The molecule has 0 fully saturated rings. The highest BCUT2D eigenvalue weighted by Crippen LogP contribution is 2.17. The van der Waals surface area contributed by atoms with Crippen molar-refractivity contribution in [1.29, 1.82) is 0 Å². The third-order valence-electron chi connectivity index (χ3n) is 3.69. The van der Waals surface area contributed by atoms with Crippen molar-refractivity contribution in [2.24, 2.45) is 12.8 Å². The fourth-order valence-corrected chi connectivity index (χ4v) is 2.37. The van der Waals surface area contributed by atoms with Crippen LogP contribution in [0.2, 0.25) is 0 Å². The lowest BCUT2D eigenvalue weighted by atomic mass is 10.1. The summed E-state index contributed by atoms with van der Waals surface area (Å²) < 4.78 is 3.75. The molecular weight excluding hydrogens is 262 g/mol. The van der Waals surface area contributed by atoms with Gasteiger partial charge in [0.2, 0.25) is 0 Å². The standard InChI is InChI=1S/C16H19N5/c1-20-14(9-10-18-20)7-8-16(17)13-11-19-21(12-13)15-5-3-2-4-6-15/h2-6,9-12,16H,7-8,17H2,1H3. The molecule has 0 radical (unpaired) electrons. The van der Waals surface area contributed by atoms with Crippen LogP contribution in [-0.4, -0.2) is 19.6 Å². The maximum atomic E-state index is 6.27. The summed E-state index contributed by atoms with van der Waals surface area (Å²) in [7, 11) is 1.95. The van der Waals surface area contributed by atoms with Gasteiger partial charge in [-0.15, -0.1) is 0 Å². The van der Waals surface area contributed by atoms with Crippen LogP contribution in [0.3, 0.4) is 0 Å². The van der Waals surface area contributed by atoms with Gasteiger partial charge in [0.05, 0.1) is 11.9 Å². The minimum absolute atomic E-state index is 0.0163. The first kappa shape index (κ1) is 13.6. The Morgan fingerprint density at radius 1 is 1.14 bits per heavy atom. The summed E-state index contributed by atoms with van der Waals surface area (Å²) in [6, 6.07) is 12.1. The first-order chi connectivity index (χ1) is 10.2. The van der Waals surface area contributed by atoms with Crippen LogP contribution in [0.5, 0.6) is 0 Å². The minimum atomic E-state index is -0.0163. The molecule has 0 saturated heterocycles. The van der Waals surface area contributed by atoms with Gasteiger partial charge in [0, 0.05) is 36.7 Å². The zero-order valence-electron chi connectivity index (χ0n) is 12.1. The molecule has 0 saturated carbocycles. The molecule has 108 valence electrons.